The second kappa shape index (κ2) is 6.15. The van der Waals surface area contributed by atoms with E-state index in [0.717, 1.165) is 4.90 Å². The highest BCUT2D eigenvalue weighted by molar-refractivity contribution is 7.99. The smallest absolute Gasteiger partial charge is 0.253 e. The summed E-state index contributed by atoms with van der Waals surface area (Å²) in [7, 11) is 3.41. The Morgan fingerprint density at radius 2 is 2.10 bits per heavy atom. The molecular weight excluding hydrogens is 294 g/mol. The molecule has 2 aromatic rings. The number of benzene rings is 1. The Bertz CT molecular complexity index is 646. The number of aromatic nitrogens is 1. The van der Waals surface area contributed by atoms with E-state index in [9.17, 15) is 4.79 Å². The molecule has 2 N–H and O–H groups in total. The Kier molecular flexibility index (Phi) is 4.52. The van der Waals surface area contributed by atoms with E-state index in [2.05, 4.69) is 4.98 Å². The molecule has 1 aromatic carbocycles. The molecular formula is C14H14ClN3OS. The van der Waals surface area contributed by atoms with Crippen molar-refractivity contribution in [3.05, 3.63) is 47.1 Å². The number of nitrogen functional groups attached to an aromatic ring is 1. The van der Waals surface area contributed by atoms with Crippen molar-refractivity contribution in [2.24, 2.45) is 0 Å². The maximum Gasteiger partial charge on any atom is 0.253 e. The van der Waals surface area contributed by atoms with Crippen molar-refractivity contribution in [2.45, 2.75) is 9.92 Å². The van der Waals surface area contributed by atoms with E-state index >= 15 is 0 Å². The van der Waals surface area contributed by atoms with Gasteiger partial charge in [0.15, 0.2) is 0 Å². The van der Waals surface area contributed by atoms with Gasteiger partial charge in [-0.15, -0.1) is 0 Å². The SMILES string of the molecule is CN(C)C(=O)c1ccc(Sc2ncccc2Cl)c(N)c1. The highest BCUT2D eigenvalue weighted by Crippen LogP contribution is 2.35. The van der Waals surface area contributed by atoms with Gasteiger partial charge < -0.3 is 10.6 Å². The summed E-state index contributed by atoms with van der Waals surface area (Å²) < 4.78 is 0. The minimum atomic E-state index is -0.0795. The van der Waals surface area contributed by atoms with Crippen LogP contribution in [0.15, 0.2) is 46.5 Å². The van der Waals surface area contributed by atoms with Crippen LogP contribution in [-0.4, -0.2) is 29.9 Å². The summed E-state index contributed by atoms with van der Waals surface area (Å²) >= 11 is 7.44. The standard InChI is InChI=1S/C14H14ClN3OS/c1-18(2)14(19)9-5-6-12(11(16)8-9)20-13-10(15)4-3-7-17-13/h3-8H,16H2,1-2H3. The highest BCUT2D eigenvalue weighted by Gasteiger charge is 2.12. The van der Waals surface area contributed by atoms with E-state index in [1.165, 1.54) is 16.7 Å². The maximum atomic E-state index is 11.9. The molecule has 0 aliphatic heterocycles. The van der Waals surface area contributed by atoms with Crippen LogP contribution in [0.25, 0.3) is 0 Å². The predicted octanol–water partition coefficient (Wildman–Crippen LogP) is 3.17. The summed E-state index contributed by atoms with van der Waals surface area (Å²) in [5.41, 5.74) is 7.09. The van der Waals surface area contributed by atoms with Gasteiger partial charge in [-0.2, -0.15) is 0 Å². The highest BCUT2D eigenvalue weighted by atomic mass is 35.5. The van der Waals surface area contributed by atoms with E-state index in [0.29, 0.717) is 21.3 Å². The first-order valence-electron chi connectivity index (χ1n) is 5.88. The van der Waals surface area contributed by atoms with Gasteiger partial charge >= 0.3 is 0 Å². The lowest BCUT2D eigenvalue weighted by Crippen LogP contribution is -2.21. The van der Waals surface area contributed by atoms with Gasteiger partial charge in [0.1, 0.15) is 5.03 Å². The molecule has 0 fully saturated rings. The number of carbonyl (C=O) groups excluding carboxylic acids is 1. The quantitative estimate of drug-likeness (QED) is 0.885. The summed E-state index contributed by atoms with van der Waals surface area (Å²) in [5.74, 6) is -0.0795. The first kappa shape index (κ1) is 14.7. The summed E-state index contributed by atoms with van der Waals surface area (Å²) in [6.07, 6.45) is 1.67. The largest absolute Gasteiger partial charge is 0.398 e. The Labute approximate surface area is 126 Å². The molecule has 0 aliphatic carbocycles. The van der Waals surface area contributed by atoms with Crippen molar-refractivity contribution < 1.29 is 4.79 Å². The third-order valence-electron chi connectivity index (χ3n) is 2.59. The number of nitrogens with two attached hydrogens (primary N) is 1. The number of amides is 1. The van der Waals surface area contributed by atoms with Crippen LogP contribution < -0.4 is 5.73 Å². The van der Waals surface area contributed by atoms with Crippen LogP contribution in [0, 0.1) is 0 Å². The Hall–Kier alpha value is -1.72. The topological polar surface area (TPSA) is 59.2 Å². The maximum absolute atomic E-state index is 11.9. The Balaban J connectivity index is 2.27. The number of hydrogen-bond donors (Lipinski definition) is 1. The molecule has 0 spiro atoms. The number of halogens is 1. The van der Waals surface area contributed by atoms with Gasteiger partial charge in [-0.1, -0.05) is 23.4 Å². The van der Waals surface area contributed by atoms with Crippen LogP contribution >= 0.6 is 23.4 Å². The van der Waals surface area contributed by atoms with E-state index < -0.39 is 0 Å². The van der Waals surface area contributed by atoms with Crippen LogP contribution in [0.4, 0.5) is 5.69 Å². The average molecular weight is 308 g/mol. The zero-order valence-electron chi connectivity index (χ0n) is 11.1. The molecule has 6 heteroatoms. The van der Waals surface area contributed by atoms with E-state index in [4.69, 9.17) is 17.3 Å². The lowest BCUT2D eigenvalue weighted by molar-refractivity contribution is 0.0827. The summed E-state index contributed by atoms with van der Waals surface area (Å²) in [5, 5.41) is 1.26. The molecule has 2 rings (SSSR count). The molecule has 0 saturated carbocycles. The lowest BCUT2D eigenvalue weighted by atomic mass is 10.2. The van der Waals surface area contributed by atoms with Crippen molar-refractivity contribution >= 4 is 35.0 Å². The van der Waals surface area contributed by atoms with Crippen molar-refractivity contribution in [3.63, 3.8) is 0 Å². The van der Waals surface area contributed by atoms with Gasteiger partial charge in [0.05, 0.1) is 5.02 Å². The number of rotatable bonds is 3. The molecule has 1 amide bonds. The van der Waals surface area contributed by atoms with Gasteiger partial charge in [0, 0.05) is 36.4 Å². The molecule has 0 bridgehead atoms. The minimum Gasteiger partial charge on any atom is -0.398 e. The van der Waals surface area contributed by atoms with E-state index in [1.54, 1.807) is 44.6 Å². The predicted molar refractivity (Wildman–Crippen MR) is 82.2 cm³/mol. The van der Waals surface area contributed by atoms with Crippen LogP contribution in [0.5, 0.6) is 0 Å². The second-order valence-electron chi connectivity index (χ2n) is 4.34. The molecule has 104 valence electrons. The van der Waals surface area contributed by atoms with Crippen molar-refractivity contribution in [2.75, 3.05) is 19.8 Å². The summed E-state index contributed by atoms with van der Waals surface area (Å²) in [6.45, 7) is 0. The number of nitrogens with zero attached hydrogens (tertiary/aromatic N) is 2. The number of carbonyl (C=O) groups is 1. The van der Waals surface area contributed by atoms with E-state index in [-0.39, 0.29) is 5.91 Å². The van der Waals surface area contributed by atoms with Gasteiger partial charge in [0.2, 0.25) is 0 Å². The molecule has 0 saturated heterocycles. The zero-order chi connectivity index (χ0) is 14.7. The Morgan fingerprint density at radius 1 is 1.35 bits per heavy atom. The molecule has 1 heterocycles. The molecule has 1 aromatic heterocycles. The average Bonchev–Trinajstić information content (AvgIpc) is 2.42. The number of pyridine rings is 1. The summed E-state index contributed by atoms with van der Waals surface area (Å²) in [6, 6.07) is 8.77. The number of hydrogen-bond acceptors (Lipinski definition) is 4. The monoisotopic (exact) mass is 307 g/mol. The zero-order valence-corrected chi connectivity index (χ0v) is 12.7. The molecule has 4 nitrogen and oxygen atoms in total. The minimum absolute atomic E-state index is 0.0795. The van der Waals surface area contributed by atoms with Crippen molar-refractivity contribution in [1.82, 2.24) is 9.88 Å². The van der Waals surface area contributed by atoms with Crippen LogP contribution in [-0.2, 0) is 0 Å². The Morgan fingerprint density at radius 3 is 2.70 bits per heavy atom. The van der Waals surface area contributed by atoms with Gasteiger partial charge in [-0.25, -0.2) is 4.98 Å². The van der Waals surface area contributed by atoms with Crippen molar-refractivity contribution in [1.29, 1.82) is 0 Å². The lowest BCUT2D eigenvalue weighted by Gasteiger charge is -2.12. The molecule has 0 aliphatic rings. The van der Waals surface area contributed by atoms with Crippen LogP contribution in [0.3, 0.4) is 0 Å². The molecule has 20 heavy (non-hydrogen) atoms. The molecule has 0 atom stereocenters. The first-order chi connectivity index (χ1) is 9.49. The summed E-state index contributed by atoms with van der Waals surface area (Å²) in [4.78, 5) is 18.4. The molecule has 0 unspecified atom stereocenters. The van der Waals surface area contributed by atoms with Crippen LogP contribution in [0.1, 0.15) is 10.4 Å². The van der Waals surface area contributed by atoms with Gasteiger partial charge in [0.25, 0.3) is 5.91 Å². The fourth-order valence-electron chi connectivity index (χ4n) is 1.58. The normalized spacial score (nSPS) is 10.3. The van der Waals surface area contributed by atoms with Gasteiger partial charge in [-0.3, -0.25) is 4.79 Å². The number of anilines is 1. The third-order valence-corrected chi connectivity index (χ3v) is 4.12. The first-order valence-corrected chi connectivity index (χ1v) is 7.08. The van der Waals surface area contributed by atoms with Crippen molar-refractivity contribution in [3.8, 4) is 0 Å². The van der Waals surface area contributed by atoms with Crippen LogP contribution in [0.2, 0.25) is 5.02 Å². The molecule has 0 radical (unpaired) electrons. The third kappa shape index (κ3) is 3.23. The van der Waals surface area contributed by atoms with Gasteiger partial charge in [-0.05, 0) is 30.3 Å². The fraction of sp³-hybridized carbons (Fsp3) is 0.143. The van der Waals surface area contributed by atoms with E-state index in [1.807, 2.05) is 6.07 Å². The second-order valence-corrected chi connectivity index (χ2v) is 5.78. The fourth-order valence-corrected chi connectivity index (χ4v) is 2.62.